The van der Waals surface area contributed by atoms with E-state index < -0.39 is 0 Å². The summed E-state index contributed by atoms with van der Waals surface area (Å²) < 4.78 is 0. The molecule has 21 heavy (non-hydrogen) atoms. The molecule has 1 N–H and O–H groups in total. The number of nitrogens with one attached hydrogen (secondary N) is 1. The Hall–Kier alpha value is -0.860. The molecule has 116 valence electrons. The molecule has 0 radical (unpaired) electrons. The van der Waals surface area contributed by atoms with Gasteiger partial charge in [-0.25, -0.2) is 0 Å². The summed E-state index contributed by atoms with van der Waals surface area (Å²) in [4.78, 5) is 2.70. The van der Waals surface area contributed by atoms with Gasteiger partial charge in [-0.05, 0) is 54.8 Å². The second-order valence-corrected chi connectivity index (χ2v) is 7.96. The predicted molar refractivity (Wildman–Crippen MR) is 89.6 cm³/mol. The molecule has 1 heterocycles. The van der Waals surface area contributed by atoms with Gasteiger partial charge in [0.15, 0.2) is 0 Å². The van der Waals surface area contributed by atoms with Crippen LogP contribution in [0.3, 0.4) is 0 Å². The highest BCUT2D eigenvalue weighted by Gasteiger charge is 2.33. The second-order valence-electron chi connectivity index (χ2n) is 7.96. The molecular formula is C19H30N2. The van der Waals surface area contributed by atoms with Crippen molar-refractivity contribution in [2.24, 2.45) is 5.92 Å². The van der Waals surface area contributed by atoms with E-state index in [0.717, 1.165) is 18.5 Å². The minimum Gasteiger partial charge on any atom is -0.312 e. The molecule has 2 heteroatoms. The maximum atomic E-state index is 3.66. The quantitative estimate of drug-likeness (QED) is 0.890. The van der Waals surface area contributed by atoms with Gasteiger partial charge in [0.05, 0.1) is 0 Å². The van der Waals surface area contributed by atoms with Crippen LogP contribution in [0, 0.1) is 5.92 Å². The van der Waals surface area contributed by atoms with Crippen LogP contribution < -0.4 is 5.32 Å². The van der Waals surface area contributed by atoms with Crippen LogP contribution in [0.15, 0.2) is 24.3 Å². The lowest BCUT2D eigenvalue weighted by Crippen LogP contribution is -2.27. The summed E-state index contributed by atoms with van der Waals surface area (Å²) in [6.45, 7) is 11.6. The van der Waals surface area contributed by atoms with Gasteiger partial charge in [0.1, 0.15) is 0 Å². The summed E-state index contributed by atoms with van der Waals surface area (Å²) in [6.07, 6.45) is 4.27. The Morgan fingerprint density at radius 1 is 1.10 bits per heavy atom. The van der Waals surface area contributed by atoms with Gasteiger partial charge in [-0.1, -0.05) is 45.0 Å². The topological polar surface area (TPSA) is 15.3 Å². The molecule has 1 atom stereocenters. The van der Waals surface area contributed by atoms with Crippen molar-refractivity contribution in [2.75, 3.05) is 19.6 Å². The highest BCUT2D eigenvalue weighted by molar-refractivity contribution is 5.27. The first-order chi connectivity index (χ1) is 10.0. The molecule has 1 aliphatic heterocycles. The first-order valence-electron chi connectivity index (χ1n) is 8.56. The fourth-order valence-corrected chi connectivity index (χ4v) is 3.34. The van der Waals surface area contributed by atoms with Gasteiger partial charge in [-0.15, -0.1) is 0 Å². The maximum Gasteiger partial charge on any atom is 0.0205 e. The number of likely N-dealkylation sites (tertiary alicyclic amines) is 1. The van der Waals surface area contributed by atoms with Crippen molar-refractivity contribution in [2.45, 2.75) is 58.0 Å². The van der Waals surface area contributed by atoms with Crippen LogP contribution >= 0.6 is 0 Å². The summed E-state index contributed by atoms with van der Waals surface area (Å²) in [5.41, 5.74) is 3.07. The van der Waals surface area contributed by atoms with Crippen molar-refractivity contribution >= 4 is 0 Å². The molecule has 2 aliphatic rings. The van der Waals surface area contributed by atoms with Gasteiger partial charge >= 0.3 is 0 Å². The molecule has 2 nitrogen and oxygen atoms in total. The average Bonchev–Trinajstić information content (AvgIpc) is 3.19. The highest BCUT2D eigenvalue weighted by atomic mass is 15.2. The number of hydrogen-bond acceptors (Lipinski definition) is 2. The summed E-state index contributed by atoms with van der Waals surface area (Å²) in [6, 6.07) is 10.1. The maximum absolute atomic E-state index is 3.66. The SMILES string of the molecule is CC(C)(C)c1ccc(CNCC2CCN(C3CC3)C2)cc1. The highest BCUT2D eigenvalue weighted by Crippen LogP contribution is 2.31. The fourth-order valence-electron chi connectivity index (χ4n) is 3.34. The monoisotopic (exact) mass is 286 g/mol. The molecule has 0 amide bonds. The standard InChI is InChI=1S/C19H30N2/c1-19(2,3)17-6-4-15(5-7-17)12-20-13-16-10-11-21(14-16)18-8-9-18/h4-7,16,18,20H,8-14H2,1-3H3. The van der Waals surface area contributed by atoms with Crippen LogP contribution in [0.2, 0.25) is 0 Å². The summed E-state index contributed by atoms with van der Waals surface area (Å²) in [5.74, 6) is 0.861. The van der Waals surface area contributed by atoms with E-state index in [1.807, 2.05) is 0 Å². The van der Waals surface area contributed by atoms with Gasteiger partial charge in [0.2, 0.25) is 0 Å². The van der Waals surface area contributed by atoms with Crippen LogP contribution in [0.1, 0.15) is 51.2 Å². The normalized spacial score (nSPS) is 23.7. The first kappa shape index (κ1) is 15.1. The van der Waals surface area contributed by atoms with Crippen LogP contribution in [-0.4, -0.2) is 30.6 Å². The molecule has 1 aliphatic carbocycles. The van der Waals surface area contributed by atoms with E-state index in [1.165, 1.54) is 50.0 Å². The Morgan fingerprint density at radius 2 is 1.81 bits per heavy atom. The van der Waals surface area contributed by atoms with Gasteiger partial charge in [0.25, 0.3) is 0 Å². The third kappa shape index (κ3) is 4.08. The summed E-state index contributed by atoms with van der Waals surface area (Å²) in [7, 11) is 0. The van der Waals surface area contributed by atoms with E-state index in [0.29, 0.717) is 0 Å². The van der Waals surface area contributed by atoms with Crippen molar-refractivity contribution in [1.82, 2.24) is 10.2 Å². The van der Waals surface area contributed by atoms with Crippen LogP contribution in [0.4, 0.5) is 0 Å². The van der Waals surface area contributed by atoms with Crippen molar-refractivity contribution < 1.29 is 0 Å². The second kappa shape index (κ2) is 6.10. The van der Waals surface area contributed by atoms with Crippen molar-refractivity contribution in [1.29, 1.82) is 0 Å². The zero-order chi connectivity index (χ0) is 14.9. The first-order valence-corrected chi connectivity index (χ1v) is 8.56. The largest absolute Gasteiger partial charge is 0.312 e. The average molecular weight is 286 g/mol. The molecular weight excluding hydrogens is 256 g/mol. The lowest BCUT2D eigenvalue weighted by atomic mass is 9.87. The molecule has 2 fully saturated rings. The third-order valence-corrected chi connectivity index (χ3v) is 4.96. The Bertz CT molecular complexity index is 453. The summed E-state index contributed by atoms with van der Waals surface area (Å²) in [5, 5.41) is 3.66. The minimum absolute atomic E-state index is 0.252. The van der Waals surface area contributed by atoms with Gasteiger partial charge in [0, 0.05) is 19.1 Å². The number of hydrogen-bond donors (Lipinski definition) is 1. The van der Waals surface area contributed by atoms with Crippen molar-refractivity contribution in [3.8, 4) is 0 Å². The van der Waals surface area contributed by atoms with Crippen LogP contribution in [-0.2, 0) is 12.0 Å². The molecule has 1 aromatic carbocycles. The molecule has 3 rings (SSSR count). The Balaban J connectivity index is 1.41. The predicted octanol–water partition coefficient (Wildman–Crippen LogP) is 3.56. The number of benzene rings is 1. The van der Waals surface area contributed by atoms with Crippen LogP contribution in [0.25, 0.3) is 0 Å². The van der Waals surface area contributed by atoms with E-state index in [4.69, 9.17) is 0 Å². The molecule has 0 aromatic heterocycles. The van der Waals surface area contributed by atoms with Crippen molar-refractivity contribution in [3.05, 3.63) is 35.4 Å². The van der Waals surface area contributed by atoms with Crippen LogP contribution in [0.5, 0.6) is 0 Å². The van der Waals surface area contributed by atoms with Gasteiger partial charge in [-0.3, -0.25) is 0 Å². The molecule has 0 spiro atoms. The minimum atomic E-state index is 0.252. The van der Waals surface area contributed by atoms with E-state index in [2.05, 4.69) is 55.3 Å². The fraction of sp³-hybridized carbons (Fsp3) is 0.684. The molecule has 1 saturated carbocycles. The Labute approximate surface area is 129 Å². The Kier molecular flexibility index (Phi) is 4.37. The lowest BCUT2D eigenvalue weighted by molar-refractivity contribution is 0.312. The molecule has 1 unspecified atom stereocenters. The third-order valence-electron chi connectivity index (χ3n) is 4.96. The smallest absolute Gasteiger partial charge is 0.0205 e. The van der Waals surface area contributed by atoms with E-state index >= 15 is 0 Å². The molecule has 1 saturated heterocycles. The zero-order valence-electron chi connectivity index (χ0n) is 13.9. The lowest BCUT2D eigenvalue weighted by Gasteiger charge is -2.19. The van der Waals surface area contributed by atoms with Gasteiger partial charge < -0.3 is 10.2 Å². The zero-order valence-corrected chi connectivity index (χ0v) is 13.9. The Morgan fingerprint density at radius 3 is 2.43 bits per heavy atom. The number of nitrogens with zero attached hydrogens (tertiary/aromatic N) is 1. The van der Waals surface area contributed by atoms with E-state index in [-0.39, 0.29) is 5.41 Å². The van der Waals surface area contributed by atoms with Gasteiger partial charge in [-0.2, -0.15) is 0 Å². The van der Waals surface area contributed by atoms with E-state index in [9.17, 15) is 0 Å². The summed E-state index contributed by atoms with van der Waals surface area (Å²) >= 11 is 0. The van der Waals surface area contributed by atoms with E-state index in [1.54, 1.807) is 0 Å². The van der Waals surface area contributed by atoms with Crippen molar-refractivity contribution in [3.63, 3.8) is 0 Å². The molecule has 0 bridgehead atoms. The number of rotatable bonds is 5. The molecule has 1 aromatic rings.